The fourth-order valence-electron chi connectivity index (χ4n) is 1.94. The van der Waals surface area contributed by atoms with Gasteiger partial charge in [0.15, 0.2) is 0 Å². The van der Waals surface area contributed by atoms with Crippen LogP contribution in [0.5, 0.6) is 0 Å². The van der Waals surface area contributed by atoms with E-state index in [1.54, 1.807) is 4.68 Å². The predicted octanol–water partition coefficient (Wildman–Crippen LogP) is 3.38. The van der Waals surface area contributed by atoms with Crippen LogP contribution < -0.4 is 5.73 Å². The summed E-state index contributed by atoms with van der Waals surface area (Å²) in [7, 11) is 1.89. The zero-order valence-corrected chi connectivity index (χ0v) is 11.7. The maximum Gasteiger partial charge on any atom is 0.129 e. The average Bonchev–Trinajstić information content (AvgIpc) is 2.57. The molecule has 3 nitrogen and oxygen atoms in total. The number of hydrogen-bond donors (Lipinski definition) is 1. The number of nitrogens with two attached hydrogens (primary N) is 1. The van der Waals surface area contributed by atoms with Gasteiger partial charge in [-0.2, -0.15) is 5.10 Å². The summed E-state index contributed by atoms with van der Waals surface area (Å²) in [4.78, 5) is 0. The molecule has 2 rings (SSSR count). The van der Waals surface area contributed by atoms with Crippen molar-refractivity contribution in [3.8, 4) is 11.1 Å². The second-order valence-corrected chi connectivity index (χ2v) is 5.00. The third-order valence-corrected chi connectivity index (χ3v) is 3.31. The van der Waals surface area contributed by atoms with Crippen molar-refractivity contribution in [3.63, 3.8) is 0 Å². The summed E-state index contributed by atoms with van der Waals surface area (Å²) in [6.07, 6.45) is 2.02. The first-order chi connectivity index (χ1) is 8.13. The molecule has 0 aliphatic carbocycles. The van der Waals surface area contributed by atoms with Gasteiger partial charge in [-0.25, -0.2) is 0 Å². The van der Waals surface area contributed by atoms with Gasteiger partial charge in [0.2, 0.25) is 0 Å². The molecule has 0 radical (unpaired) electrons. The number of aromatic nitrogens is 2. The standard InChI is InChI=1S/C13H16BrN3/c1-3-4-11-12(13(15)17(2)16-11)9-5-7-10(14)8-6-9/h5-8H,3-4,15H2,1-2H3. The summed E-state index contributed by atoms with van der Waals surface area (Å²) in [5, 5.41) is 4.48. The van der Waals surface area contributed by atoms with Gasteiger partial charge in [-0.05, 0) is 24.1 Å². The van der Waals surface area contributed by atoms with Gasteiger partial charge in [-0.15, -0.1) is 0 Å². The van der Waals surface area contributed by atoms with E-state index >= 15 is 0 Å². The lowest BCUT2D eigenvalue weighted by Gasteiger charge is -2.03. The molecule has 0 saturated carbocycles. The Bertz CT molecular complexity index is 514. The zero-order chi connectivity index (χ0) is 12.4. The van der Waals surface area contributed by atoms with Crippen molar-refractivity contribution in [1.82, 2.24) is 9.78 Å². The van der Waals surface area contributed by atoms with Crippen molar-refractivity contribution in [3.05, 3.63) is 34.4 Å². The van der Waals surface area contributed by atoms with E-state index in [0.717, 1.165) is 40.0 Å². The molecule has 0 atom stereocenters. The van der Waals surface area contributed by atoms with E-state index in [9.17, 15) is 0 Å². The minimum Gasteiger partial charge on any atom is -0.383 e. The second-order valence-electron chi connectivity index (χ2n) is 4.09. The molecule has 0 spiro atoms. The molecular formula is C13H16BrN3. The highest BCUT2D eigenvalue weighted by Gasteiger charge is 2.14. The van der Waals surface area contributed by atoms with Crippen LogP contribution >= 0.6 is 15.9 Å². The quantitative estimate of drug-likeness (QED) is 0.943. The van der Waals surface area contributed by atoms with Crippen LogP contribution in [0.15, 0.2) is 28.7 Å². The van der Waals surface area contributed by atoms with Gasteiger partial charge in [-0.1, -0.05) is 41.4 Å². The van der Waals surface area contributed by atoms with Crippen LogP contribution in [0.1, 0.15) is 19.0 Å². The number of nitrogen functional groups attached to an aromatic ring is 1. The summed E-state index contributed by atoms with van der Waals surface area (Å²) in [6.45, 7) is 2.15. The van der Waals surface area contributed by atoms with E-state index in [-0.39, 0.29) is 0 Å². The number of anilines is 1. The third kappa shape index (κ3) is 2.36. The SMILES string of the molecule is CCCc1nn(C)c(N)c1-c1ccc(Br)cc1. The lowest BCUT2D eigenvalue weighted by molar-refractivity contribution is 0.741. The van der Waals surface area contributed by atoms with E-state index in [0.29, 0.717) is 0 Å². The van der Waals surface area contributed by atoms with Gasteiger partial charge >= 0.3 is 0 Å². The number of nitrogens with zero attached hydrogens (tertiary/aromatic N) is 2. The Kier molecular flexibility index (Phi) is 3.52. The topological polar surface area (TPSA) is 43.8 Å². The van der Waals surface area contributed by atoms with Gasteiger partial charge in [0, 0.05) is 17.1 Å². The fourth-order valence-corrected chi connectivity index (χ4v) is 2.20. The van der Waals surface area contributed by atoms with Crippen molar-refractivity contribution < 1.29 is 0 Å². The number of hydrogen-bond acceptors (Lipinski definition) is 2. The minimum absolute atomic E-state index is 0.732. The third-order valence-electron chi connectivity index (χ3n) is 2.78. The van der Waals surface area contributed by atoms with Crippen molar-refractivity contribution in [1.29, 1.82) is 0 Å². The Labute approximate surface area is 110 Å². The average molecular weight is 294 g/mol. The fraction of sp³-hybridized carbons (Fsp3) is 0.308. The summed E-state index contributed by atoms with van der Waals surface area (Å²) >= 11 is 3.44. The minimum atomic E-state index is 0.732. The number of aryl methyl sites for hydroxylation is 2. The van der Waals surface area contributed by atoms with Crippen LogP contribution in [0.3, 0.4) is 0 Å². The molecule has 2 N–H and O–H groups in total. The number of benzene rings is 1. The molecule has 0 fully saturated rings. The number of halogens is 1. The molecule has 1 aromatic heterocycles. The first-order valence-corrected chi connectivity index (χ1v) is 6.50. The lowest BCUT2D eigenvalue weighted by atomic mass is 10.0. The Balaban J connectivity index is 2.53. The van der Waals surface area contributed by atoms with E-state index in [2.05, 4.69) is 40.1 Å². The summed E-state index contributed by atoms with van der Waals surface area (Å²) < 4.78 is 2.82. The summed E-state index contributed by atoms with van der Waals surface area (Å²) in [6, 6.07) is 8.18. The summed E-state index contributed by atoms with van der Waals surface area (Å²) in [5.41, 5.74) is 9.37. The molecule has 0 amide bonds. The van der Waals surface area contributed by atoms with Crippen LogP contribution in [-0.4, -0.2) is 9.78 Å². The van der Waals surface area contributed by atoms with E-state index in [4.69, 9.17) is 5.73 Å². The van der Waals surface area contributed by atoms with Crippen molar-refractivity contribution in [2.75, 3.05) is 5.73 Å². The van der Waals surface area contributed by atoms with Crippen molar-refractivity contribution >= 4 is 21.7 Å². The molecule has 0 aliphatic rings. The predicted molar refractivity (Wildman–Crippen MR) is 74.8 cm³/mol. The number of rotatable bonds is 3. The molecule has 2 aromatic rings. The van der Waals surface area contributed by atoms with Crippen LogP contribution in [-0.2, 0) is 13.5 Å². The Hall–Kier alpha value is -1.29. The van der Waals surface area contributed by atoms with E-state index in [1.807, 2.05) is 19.2 Å². The highest BCUT2D eigenvalue weighted by atomic mass is 79.9. The molecular weight excluding hydrogens is 278 g/mol. The normalized spacial score (nSPS) is 10.8. The monoisotopic (exact) mass is 293 g/mol. The van der Waals surface area contributed by atoms with Crippen molar-refractivity contribution in [2.24, 2.45) is 7.05 Å². The molecule has 0 unspecified atom stereocenters. The Morgan fingerprint density at radius 2 is 1.94 bits per heavy atom. The zero-order valence-electron chi connectivity index (χ0n) is 10.1. The van der Waals surface area contributed by atoms with E-state index < -0.39 is 0 Å². The van der Waals surface area contributed by atoms with Gasteiger partial charge in [0.05, 0.1) is 5.69 Å². The molecule has 0 saturated heterocycles. The van der Waals surface area contributed by atoms with Gasteiger partial charge < -0.3 is 5.73 Å². The lowest BCUT2D eigenvalue weighted by Crippen LogP contribution is -1.97. The molecule has 1 aromatic carbocycles. The molecule has 1 heterocycles. The molecule has 17 heavy (non-hydrogen) atoms. The first-order valence-electron chi connectivity index (χ1n) is 5.70. The van der Waals surface area contributed by atoms with Gasteiger partial charge in [0.25, 0.3) is 0 Å². The Morgan fingerprint density at radius 3 is 2.53 bits per heavy atom. The van der Waals surface area contributed by atoms with Gasteiger partial charge in [0.1, 0.15) is 5.82 Å². The maximum absolute atomic E-state index is 6.09. The van der Waals surface area contributed by atoms with Crippen LogP contribution in [0, 0.1) is 0 Å². The smallest absolute Gasteiger partial charge is 0.129 e. The van der Waals surface area contributed by atoms with Crippen LogP contribution in [0.2, 0.25) is 0 Å². The second kappa shape index (κ2) is 4.92. The first kappa shape index (κ1) is 12.2. The van der Waals surface area contributed by atoms with E-state index in [1.165, 1.54) is 0 Å². The molecule has 90 valence electrons. The highest BCUT2D eigenvalue weighted by molar-refractivity contribution is 9.10. The van der Waals surface area contributed by atoms with Gasteiger partial charge in [-0.3, -0.25) is 4.68 Å². The molecule has 0 bridgehead atoms. The van der Waals surface area contributed by atoms with Crippen molar-refractivity contribution in [2.45, 2.75) is 19.8 Å². The van der Waals surface area contributed by atoms with Crippen LogP contribution in [0.4, 0.5) is 5.82 Å². The molecule has 0 aliphatic heterocycles. The highest BCUT2D eigenvalue weighted by Crippen LogP contribution is 2.30. The maximum atomic E-state index is 6.09. The molecule has 4 heteroatoms. The summed E-state index contributed by atoms with van der Waals surface area (Å²) in [5.74, 6) is 0.732. The Morgan fingerprint density at radius 1 is 1.29 bits per heavy atom. The van der Waals surface area contributed by atoms with Crippen LogP contribution in [0.25, 0.3) is 11.1 Å². The largest absolute Gasteiger partial charge is 0.383 e.